The van der Waals surface area contributed by atoms with Gasteiger partial charge in [-0.3, -0.25) is 14.4 Å². The Morgan fingerprint density at radius 1 is 0.256 bits per heavy atom. The number of hydrogen-bond donors (Lipinski definition) is 0. The summed E-state index contributed by atoms with van der Waals surface area (Å²) in [5.41, 5.74) is 0. The van der Waals surface area contributed by atoms with Gasteiger partial charge in [-0.1, -0.05) is 350 Å². The van der Waals surface area contributed by atoms with E-state index >= 15 is 0 Å². The molecule has 0 amide bonds. The molecule has 1 unspecified atom stereocenters. The Morgan fingerprint density at radius 3 is 0.744 bits per heavy atom. The van der Waals surface area contributed by atoms with E-state index in [1.54, 1.807) is 0 Å². The van der Waals surface area contributed by atoms with Gasteiger partial charge in [0.05, 0.1) is 0 Å². The van der Waals surface area contributed by atoms with Crippen molar-refractivity contribution in [2.24, 2.45) is 0 Å². The topological polar surface area (TPSA) is 78.9 Å². The van der Waals surface area contributed by atoms with Crippen LogP contribution in [0.5, 0.6) is 0 Å². The summed E-state index contributed by atoms with van der Waals surface area (Å²) in [5.74, 6) is -0.894. The highest BCUT2D eigenvalue weighted by Crippen LogP contribution is 2.18. The number of carbonyl (C=O) groups excluding carboxylic acids is 3. The van der Waals surface area contributed by atoms with Crippen LogP contribution in [0, 0.1) is 0 Å². The Balaban J connectivity index is 4.39. The van der Waals surface area contributed by atoms with E-state index in [0.29, 0.717) is 19.3 Å². The van der Waals surface area contributed by atoms with Gasteiger partial charge in [-0.05, 0) is 77.0 Å². The second-order valence-corrected chi connectivity index (χ2v) is 23.8. The van der Waals surface area contributed by atoms with Crippen molar-refractivity contribution in [1.29, 1.82) is 0 Å². The van der Waals surface area contributed by atoms with Crippen molar-refractivity contribution in [2.75, 3.05) is 13.2 Å². The molecular weight excluding hydrogens is 1010 g/mol. The number of hydrogen-bond acceptors (Lipinski definition) is 6. The van der Waals surface area contributed by atoms with Crippen LogP contribution in [0.25, 0.3) is 0 Å². The van der Waals surface area contributed by atoms with E-state index in [0.717, 1.165) is 109 Å². The molecule has 0 saturated carbocycles. The van der Waals surface area contributed by atoms with Crippen LogP contribution in [0.1, 0.15) is 361 Å². The summed E-state index contributed by atoms with van der Waals surface area (Å²) in [4.78, 5) is 38.5. The smallest absolute Gasteiger partial charge is 0.306 e. The molecular formula is C76H134O6. The lowest BCUT2D eigenvalue weighted by Gasteiger charge is -2.18. The van der Waals surface area contributed by atoms with Crippen LogP contribution in [0.2, 0.25) is 0 Å². The maximum Gasteiger partial charge on any atom is 0.306 e. The van der Waals surface area contributed by atoms with Gasteiger partial charge < -0.3 is 14.2 Å². The van der Waals surface area contributed by atoms with Crippen molar-refractivity contribution in [1.82, 2.24) is 0 Å². The molecule has 0 bridgehead atoms. The molecule has 82 heavy (non-hydrogen) atoms. The molecule has 6 nitrogen and oxygen atoms in total. The van der Waals surface area contributed by atoms with Gasteiger partial charge in [0, 0.05) is 19.3 Å². The lowest BCUT2D eigenvalue weighted by Crippen LogP contribution is -2.30. The van der Waals surface area contributed by atoms with Crippen molar-refractivity contribution >= 4 is 17.9 Å². The van der Waals surface area contributed by atoms with Crippen molar-refractivity contribution in [3.8, 4) is 0 Å². The third-order valence-electron chi connectivity index (χ3n) is 15.7. The maximum absolute atomic E-state index is 13.0. The highest BCUT2D eigenvalue weighted by atomic mass is 16.6. The van der Waals surface area contributed by atoms with Gasteiger partial charge >= 0.3 is 17.9 Å². The minimum atomic E-state index is -0.790. The Labute approximate surface area is 509 Å². The zero-order valence-corrected chi connectivity index (χ0v) is 54.5. The number of esters is 3. The van der Waals surface area contributed by atoms with E-state index in [-0.39, 0.29) is 31.1 Å². The second kappa shape index (κ2) is 70.1. The molecule has 0 rings (SSSR count). The lowest BCUT2D eigenvalue weighted by molar-refractivity contribution is -0.167. The molecule has 0 aromatic heterocycles. The maximum atomic E-state index is 13.0. The minimum Gasteiger partial charge on any atom is -0.462 e. The van der Waals surface area contributed by atoms with Crippen molar-refractivity contribution in [3.05, 3.63) is 85.1 Å². The van der Waals surface area contributed by atoms with Gasteiger partial charge in [-0.15, -0.1) is 0 Å². The zero-order valence-electron chi connectivity index (χ0n) is 54.5. The number of allylic oxidation sites excluding steroid dienone is 14. The molecule has 0 saturated heterocycles. The van der Waals surface area contributed by atoms with Crippen LogP contribution in [0.15, 0.2) is 85.1 Å². The van der Waals surface area contributed by atoms with Gasteiger partial charge in [0.25, 0.3) is 0 Å². The van der Waals surface area contributed by atoms with Gasteiger partial charge in [0.2, 0.25) is 0 Å². The van der Waals surface area contributed by atoms with E-state index in [1.165, 1.54) is 212 Å². The number of carbonyl (C=O) groups is 3. The van der Waals surface area contributed by atoms with Crippen LogP contribution in [-0.2, 0) is 28.6 Å². The molecule has 0 fully saturated rings. The van der Waals surface area contributed by atoms with E-state index in [4.69, 9.17) is 14.2 Å². The van der Waals surface area contributed by atoms with E-state index < -0.39 is 6.10 Å². The van der Waals surface area contributed by atoms with Gasteiger partial charge in [0.1, 0.15) is 13.2 Å². The summed E-state index contributed by atoms with van der Waals surface area (Å²) in [6.07, 6.45) is 93.2. The summed E-state index contributed by atoms with van der Waals surface area (Å²) >= 11 is 0. The molecule has 474 valence electrons. The Kier molecular flexibility index (Phi) is 67.2. The first-order chi connectivity index (χ1) is 40.5. The summed E-state index contributed by atoms with van der Waals surface area (Å²) in [6, 6.07) is 0. The zero-order chi connectivity index (χ0) is 59.2. The first-order valence-corrected chi connectivity index (χ1v) is 35.6. The lowest BCUT2D eigenvalue weighted by atomic mass is 10.0. The highest BCUT2D eigenvalue weighted by Gasteiger charge is 2.19. The predicted octanol–water partition coefficient (Wildman–Crippen LogP) is 24.6. The Hall–Kier alpha value is -3.41. The second-order valence-electron chi connectivity index (χ2n) is 23.8. The van der Waals surface area contributed by atoms with Crippen LogP contribution in [0.3, 0.4) is 0 Å². The SMILES string of the molecule is CC/C=C\C/C=C\C/C=C\C/C=C\C/C=C\C/C=C\C/C=C\CCCCCC(=O)OCC(COC(=O)CCCCCCCCCCCCCCCCCC)OC(=O)CCCCCCCCCCCCCCCCCCCCCCCCC. The number of unbranched alkanes of at least 4 members (excludes halogenated alkanes) is 40. The van der Waals surface area contributed by atoms with Gasteiger partial charge in [-0.2, -0.15) is 0 Å². The average Bonchev–Trinajstić information content (AvgIpc) is 3.47. The molecule has 0 N–H and O–H groups in total. The fraction of sp³-hybridized carbons (Fsp3) is 0.776. The summed E-state index contributed by atoms with van der Waals surface area (Å²) in [7, 11) is 0. The Morgan fingerprint density at radius 2 is 0.476 bits per heavy atom. The normalized spacial score (nSPS) is 12.6. The molecule has 0 aliphatic carbocycles. The first kappa shape index (κ1) is 78.6. The molecule has 0 aromatic rings. The van der Waals surface area contributed by atoms with Crippen LogP contribution < -0.4 is 0 Å². The van der Waals surface area contributed by atoms with Crippen LogP contribution in [0.4, 0.5) is 0 Å². The van der Waals surface area contributed by atoms with E-state index in [9.17, 15) is 14.4 Å². The van der Waals surface area contributed by atoms with E-state index in [2.05, 4.69) is 106 Å². The van der Waals surface area contributed by atoms with Crippen molar-refractivity contribution < 1.29 is 28.6 Å². The van der Waals surface area contributed by atoms with Crippen molar-refractivity contribution in [2.45, 2.75) is 367 Å². The minimum absolute atomic E-state index is 0.0823. The molecule has 1 atom stereocenters. The standard InChI is InChI=1S/C76H134O6/c1-4-7-10-13-16-19-22-25-28-31-33-35-37-38-40-41-43-45-48-51-54-57-60-63-66-69-75(78)81-72-73(71-80-74(77)68-65-62-59-56-53-50-47-30-27-24-21-18-15-12-9-6-3)82-76(79)70-67-64-61-58-55-52-49-46-44-42-39-36-34-32-29-26-23-20-17-14-11-8-5-2/h7,10,16,19,25,28,33,35,38,40,43,45,51,54,73H,4-6,8-9,11-15,17-18,20-24,26-27,29-32,34,36-37,39,41-42,44,46-50,52-53,55-72H2,1-3H3/b10-7-,19-16-,28-25-,35-33-,40-38-,45-43-,54-51-. The predicted molar refractivity (Wildman–Crippen MR) is 358 cm³/mol. The quantitative estimate of drug-likeness (QED) is 0.0261. The van der Waals surface area contributed by atoms with Crippen LogP contribution >= 0.6 is 0 Å². The van der Waals surface area contributed by atoms with Gasteiger partial charge in [-0.25, -0.2) is 0 Å². The van der Waals surface area contributed by atoms with E-state index in [1.807, 2.05) is 0 Å². The summed E-state index contributed by atoms with van der Waals surface area (Å²) in [6.45, 7) is 6.56. The average molecular weight is 1140 g/mol. The number of ether oxygens (including phenoxy) is 3. The van der Waals surface area contributed by atoms with Gasteiger partial charge in [0.15, 0.2) is 6.10 Å². The summed E-state index contributed by atoms with van der Waals surface area (Å²) < 4.78 is 17.0. The monoisotopic (exact) mass is 1140 g/mol. The molecule has 0 aliphatic heterocycles. The molecule has 0 heterocycles. The number of rotatable bonds is 65. The largest absolute Gasteiger partial charge is 0.462 e. The van der Waals surface area contributed by atoms with Crippen LogP contribution in [-0.4, -0.2) is 37.2 Å². The fourth-order valence-corrected chi connectivity index (χ4v) is 10.4. The molecule has 0 aromatic carbocycles. The first-order valence-electron chi connectivity index (χ1n) is 35.6. The third kappa shape index (κ3) is 67.4. The van der Waals surface area contributed by atoms with Crippen molar-refractivity contribution in [3.63, 3.8) is 0 Å². The molecule has 0 spiro atoms. The molecule has 0 aliphatic rings. The third-order valence-corrected chi connectivity index (χ3v) is 15.7. The fourth-order valence-electron chi connectivity index (χ4n) is 10.4. The molecule has 6 heteroatoms. The molecule has 0 radical (unpaired) electrons. The highest BCUT2D eigenvalue weighted by molar-refractivity contribution is 5.71. The summed E-state index contributed by atoms with van der Waals surface area (Å²) in [5, 5.41) is 0. The Bertz CT molecular complexity index is 1550.